The Labute approximate surface area is 128 Å². The maximum absolute atomic E-state index is 12.1. The molecule has 0 heterocycles. The highest BCUT2D eigenvalue weighted by atomic mass is 35.5. The summed E-state index contributed by atoms with van der Waals surface area (Å²) in [5.41, 5.74) is 0. The van der Waals surface area contributed by atoms with Gasteiger partial charge in [0.2, 0.25) is 15.9 Å². The van der Waals surface area contributed by atoms with E-state index in [0.29, 0.717) is 5.75 Å². The molecule has 0 saturated heterocycles. The highest BCUT2D eigenvalue weighted by molar-refractivity contribution is 7.89. The molecule has 1 rings (SSSR count). The van der Waals surface area contributed by atoms with Gasteiger partial charge in [-0.2, -0.15) is 4.72 Å². The van der Waals surface area contributed by atoms with E-state index in [4.69, 9.17) is 21.4 Å². The monoisotopic (exact) mass is 336 g/mol. The molecular weight excluding hydrogens is 320 g/mol. The number of methoxy groups -OCH3 is 1. The molecule has 7 nitrogen and oxygen atoms in total. The van der Waals surface area contributed by atoms with Gasteiger partial charge in [0.25, 0.3) is 0 Å². The number of halogens is 1. The van der Waals surface area contributed by atoms with Gasteiger partial charge in [0.05, 0.1) is 29.7 Å². The molecule has 0 bridgehead atoms. The van der Waals surface area contributed by atoms with Gasteiger partial charge >= 0.3 is 0 Å². The van der Waals surface area contributed by atoms with Crippen LogP contribution in [0, 0.1) is 0 Å². The molecule has 0 saturated carbocycles. The predicted molar refractivity (Wildman–Crippen MR) is 77.9 cm³/mol. The van der Waals surface area contributed by atoms with Crippen LogP contribution in [0.2, 0.25) is 5.02 Å². The Kier molecular flexibility index (Phi) is 6.41. The second kappa shape index (κ2) is 7.60. The number of benzene rings is 1. The van der Waals surface area contributed by atoms with Gasteiger partial charge in [-0.05, 0) is 25.1 Å². The van der Waals surface area contributed by atoms with E-state index >= 15 is 0 Å². The number of amides is 1. The molecular formula is C12H17ClN2O5S. The Morgan fingerprint density at radius 2 is 2.14 bits per heavy atom. The zero-order valence-corrected chi connectivity index (χ0v) is 13.2. The maximum Gasteiger partial charge on any atom is 0.241 e. The molecule has 0 aliphatic heterocycles. The van der Waals surface area contributed by atoms with Gasteiger partial charge in [-0.3, -0.25) is 4.79 Å². The first kappa shape index (κ1) is 17.7. The first-order valence-electron chi connectivity index (χ1n) is 6.06. The normalized spacial score (nSPS) is 12.8. The van der Waals surface area contributed by atoms with E-state index in [1.54, 1.807) is 0 Å². The molecule has 0 aliphatic rings. The van der Waals surface area contributed by atoms with Crippen molar-refractivity contribution in [2.24, 2.45) is 0 Å². The third kappa shape index (κ3) is 4.85. The summed E-state index contributed by atoms with van der Waals surface area (Å²) in [6, 6.07) is 3.00. The Morgan fingerprint density at radius 3 is 2.67 bits per heavy atom. The van der Waals surface area contributed by atoms with Crippen LogP contribution in [-0.2, 0) is 14.8 Å². The van der Waals surface area contributed by atoms with Gasteiger partial charge in [0, 0.05) is 6.54 Å². The van der Waals surface area contributed by atoms with Crippen molar-refractivity contribution in [2.45, 2.75) is 17.9 Å². The minimum Gasteiger partial charge on any atom is -0.495 e. The van der Waals surface area contributed by atoms with Gasteiger partial charge in [0.15, 0.2) is 0 Å². The number of nitrogens with one attached hydrogen (secondary N) is 2. The smallest absolute Gasteiger partial charge is 0.241 e. The minimum absolute atomic E-state index is 0.0548. The quantitative estimate of drug-likeness (QED) is 0.656. The summed E-state index contributed by atoms with van der Waals surface area (Å²) >= 11 is 5.88. The topological polar surface area (TPSA) is 105 Å². The zero-order valence-electron chi connectivity index (χ0n) is 11.6. The van der Waals surface area contributed by atoms with E-state index in [1.807, 2.05) is 0 Å². The number of aliphatic hydroxyl groups is 1. The standard InChI is InChI=1S/C12H17ClN2O5S/c1-8(12(17)14-5-6-16)15-21(18,19)9-3-4-11(20-2)10(13)7-9/h3-4,7-8,15-16H,5-6H2,1-2H3,(H,14,17)/t8-/m0/s1. The lowest BCUT2D eigenvalue weighted by molar-refractivity contribution is -0.122. The average molecular weight is 337 g/mol. The largest absolute Gasteiger partial charge is 0.495 e. The highest BCUT2D eigenvalue weighted by Gasteiger charge is 2.22. The second-order valence-corrected chi connectivity index (χ2v) is 6.28. The summed E-state index contributed by atoms with van der Waals surface area (Å²) in [5.74, 6) is -0.184. The Morgan fingerprint density at radius 1 is 1.48 bits per heavy atom. The summed E-state index contributed by atoms with van der Waals surface area (Å²) in [6.07, 6.45) is 0. The molecule has 1 atom stereocenters. The number of carbonyl (C=O) groups excluding carboxylic acids is 1. The number of hydrogen-bond donors (Lipinski definition) is 3. The summed E-state index contributed by atoms with van der Waals surface area (Å²) in [4.78, 5) is 11.5. The van der Waals surface area contributed by atoms with E-state index in [0.717, 1.165) is 0 Å². The molecule has 1 amide bonds. The molecule has 0 aliphatic carbocycles. The molecule has 118 valence electrons. The molecule has 9 heteroatoms. The fraction of sp³-hybridized carbons (Fsp3) is 0.417. The van der Waals surface area contributed by atoms with Crippen molar-refractivity contribution in [1.82, 2.24) is 10.0 Å². The van der Waals surface area contributed by atoms with E-state index in [2.05, 4.69) is 10.0 Å². The third-order valence-electron chi connectivity index (χ3n) is 2.57. The summed E-state index contributed by atoms with van der Waals surface area (Å²) < 4.78 is 31.4. The van der Waals surface area contributed by atoms with Crippen molar-refractivity contribution >= 4 is 27.5 Å². The molecule has 3 N–H and O–H groups in total. The number of carbonyl (C=O) groups is 1. The zero-order chi connectivity index (χ0) is 16.0. The molecule has 1 aromatic carbocycles. The Bertz CT molecular complexity index is 606. The van der Waals surface area contributed by atoms with E-state index in [9.17, 15) is 13.2 Å². The molecule has 0 spiro atoms. The van der Waals surface area contributed by atoms with Gasteiger partial charge in [-0.15, -0.1) is 0 Å². The van der Waals surface area contributed by atoms with E-state index < -0.39 is 22.0 Å². The summed E-state index contributed by atoms with van der Waals surface area (Å²) in [5, 5.41) is 11.1. The Balaban J connectivity index is 2.86. The Hall–Kier alpha value is -1.35. The van der Waals surface area contributed by atoms with Crippen molar-refractivity contribution in [2.75, 3.05) is 20.3 Å². The maximum atomic E-state index is 12.1. The number of rotatable bonds is 7. The van der Waals surface area contributed by atoms with Crippen LogP contribution in [0.3, 0.4) is 0 Å². The first-order chi connectivity index (χ1) is 9.81. The lowest BCUT2D eigenvalue weighted by Gasteiger charge is -2.14. The lowest BCUT2D eigenvalue weighted by Crippen LogP contribution is -2.45. The second-order valence-electron chi connectivity index (χ2n) is 4.15. The van der Waals surface area contributed by atoms with Crippen molar-refractivity contribution in [1.29, 1.82) is 0 Å². The predicted octanol–water partition coefficient (Wildman–Crippen LogP) is 0.124. The first-order valence-corrected chi connectivity index (χ1v) is 7.92. The molecule has 1 aromatic rings. The van der Waals surface area contributed by atoms with Crippen LogP contribution in [-0.4, -0.2) is 45.7 Å². The van der Waals surface area contributed by atoms with Crippen molar-refractivity contribution in [3.05, 3.63) is 23.2 Å². The molecule has 0 unspecified atom stereocenters. The van der Waals surface area contributed by atoms with Gasteiger partial charge < -0.3 is 15.2 Å². The van der Waals surface area contributed by atoms with E-state index in [-0.39, 0.29) is 23.1 Å². The van der Waals surface area contributed by atoms with Gasteiger partial charge in [-0.25, -0.2) is 8.42 Å². The van der Waals surface area contributed by atoms with Crippen LogP contribution in [0.15, 0.2) is 23.1 Å². The highest BCUT2D eigenvalue weighted by Crippen LogP contribution is 2.26. The number of sulfonamides is 1. The lowest BCUT2D eigenvalue weighted by atomic mass is 10.3. The average Bonchev–Trinajstić information content (AvgIpc) is 2.44. The van der Waals surface area contributed by atoms with Crippen LogP contribution >= 0.6 is 11.6 Å². The van der Waals surface area contributed by atoms with Crippen LogP contribution < -0.4 is 14.8 Å². The van der Waals surface area contributed by atoms with Gasteiger partial charge in [-0.1, -0.05) is 11.6 Å². The van der Waals surface area contributed by atoms with Crippen LogP contribution in [0.4, 0.5) is 0 Å². The number of ether oxygens (including phenoxy) is 1. The van der Waals surface area contributed by atoms with Crippen molar-refractivity contribution < 1.29 is 23.1 Å². The van der Waals surface area contributed by atoms with Crippen LogP contribution in [0.1, 0.15) is 6.92 Å². The fourth-order valence-corrected chi connectivity index (χ4v) is 3.05. The van der Waals surface area contributed by atoms with E-state index in [1.165, 1.54) is 32.2 Å². The van der Waals surface area contributed by atoms with Crippen molar-refractivity contribution in [3.63, 3.8) is 0 Å². The molecule has 21 heavy (non-hydrogen) atoms. The summed E-state index contributed by atoms with van der Waals surface area (Å²) in [6.45, 7) is 1.23. The molecule has 0 aromatic heterocycles. The minimum atomic E-state index is -3.89. The van der Waals surface area contributed by atoms with Crippen molar-refractivity contribution in [3.8, 4) is 5.75 Å². The number of hydrogen-bond acceptors (Lipinski definition) is 5. The van der Waals surface area contributed by atoms with Crippen LogP contribution in [0.25, 0.3) is 0 Å². The fourth-order valence-electron chi connectivity index (χ4n) is 1.50. The van der Waals surface area contributed by atoms with Gasteiger partial charge in [0.1, 0.15) is 5.75 Å². The molecule has 0 fully saturated rings. The van der Waals surface area contributed by atoms with Crippen LogP contribution in [0.5, 0.6) is 5.75 Å². The molecule has 0 radical (unpaired) electrons. The SMILES string of the molecule is COc1ccc(S(=O)(=O)N[C@@H](C)C(=O)NCCO)cc1Cl. The third-order valence-corrected chi connectivity index (χ3v) is 4.40. The number of aliphatic hydroxyl groups excluding tert-OH is 1. The summed E-state index contributed by atoms with van der Waals surface area (Å²) in [7, 11) is -2.47.